The first-order chi connectivity index (χ1) is 14.1. The SMILES string of the molecule is CO[C@H]1CN(C(=O)O)[C@](C(=O)N2CC3(CC3)N(C(=O)C(F)(F)F)C[C@@H]2C)(C(C)(C)C)C1. The van der Waals surface area contributed by atoms with Crippen LogP contribution in [0.2, 0.25) is 0 Å². The van der Waals surface area contributed by atoms with E-state index in [0.717, 1.165) is 9.80 Å². The fourth-order valence-electron chi connectivity index (χ4n) is 5.15. The number of likely N-dealkylation sites (tertiary alicyclic amines) is 1. The molecule has 3 rings (SSSR count). The van der Waals surface area contributed by atoms with E-state index < -0.39 is 52.7 Å². The minimum atomic E-state index is -4.98. The predicted molar refractivity (Wildman–Crippen MR) is 103 cm³/mol. The maximum Gasteiger partial charge on any atom is 0.471 e. The van der Waals surface area contributed by atoms with E-state index in [2.05, 4.69) is 0 Å². The lowest BCUT2D eigenvalue weighted by molar-refractivity contribution is -0.194. The third-order valence-electron chi connectivity index (χ3n) is 7.12. The van der Waals surface area contributed by atoms with Crippen LogP contribution in [-0.4, -0.2) is 93.9 Å². The fraction of sp³-hybridized carbons (Fsp3) is 0.850. The molecule has 176 valence electrons. The molecule has 3 fully saturated rings. The minimum Gasteiger partial charge on any atom is -0.465 e. The zero-order chi connectivity index (χ0) is 23.6. The molecule has 11 heteroatoms. The van der Waals surface area contributed by atoms with Crippen LogP contribution in [0, 0.1) is 5.41 Å². The number of piperazine rings is 1. The first-order valence-corrected chi connectivity index (χ1v) is 10.3. The smallest absolute Gasteiger partial charge is 0.465 e. The van der Waals surface area contributed by atoms with Crippen molar-refractivity contribution in [2.24, 2.45) is 5.41 Å². The second-order valence-corrected chi connectivity index (χ2v) is 9.99. The number of nitrogens with zero attached hydrogens (tertiary/aromatic N) is 3. The zero-order valence-corrected chi connectivity index (χ0v) is 18.5. The highest BCUT2D eigenvalue weighted by atomic mass is 19.4. The van der Waals surface area contributed by atoms with E-state index >= 15 is 0 Å². The van der Waals surface area contributed by atoms with Crippen molar-refractivity contribution in [1.82, 2.24) is 14.7 Å². The summed E-state index contributed by atoms with van der Waals surface area (Å²) in [6, 6.07) is -0.693. The molecule has 2 saturated heterocycles. The molecule has 2 aliphatic heterocycles. The van der Waals surface area contributed by atoms with Crippen LogP contribution >= 0.6 is 0 Å². The number of rotatable bonds is 2. The van der Waals surface area contributed by atoms with Crippen LogP contribution in [0.4, 0.5) is 18.0 Å². The Hall–Kier alpha value is -2.04. The Morgan fingerprint density at radius 1 is 1.06 bits per heavy atom. The average Bonchev–Trinajstić information content (AvgIpc) is 3.28. The van der Waals surface area contributed by atoms with Gasteiger partial charge in [-0.1, -0.05) is 20.8 Å². The van der Waals surface area contributed by atoms with E-state index in [0.29, 0.717) is 12.8 Å². The normalized spacial score (nSPS) is 30.6. The summed E-state index contributed by atoms with van der Waals surface area (Å²) >= 11 is 0. The number of amides is 3. The summed E-state index contributed by atoms with van der Waals surface area (Å²) in [4.78, 5) is 41.5. The summed E-state index contributed by atoms with van der Waals surface area (Å²) in [5.41, 5.74) is -3.27. The number of methoxy groups -OCH3 is 1. The molecular weight excluding hydrogens is 419 g/mol. The third-order valence-corrected chi connectivity index (χ3v) is 7.12. The van der Waals surface area contributed by atoms with Gasteiger partial charge in [-0.2, -0.15) is 13.2 Å². The van der Waals surface area contributed by atoms with Crippen LogP contribution in [0.25, 0.3) is 0 Å². The van der Waals surface area contributed by atoms with Gasteiger partial charge in [0.25, 0.3) is 0 Å². The molecule has 0 aromatic rings. The number of alkyl halides is 3. The van der Waals surface area contributed by atoms with Crippen LogP contribution in [0.15, 0.2) is 0 Å². The highest BCUT2D eigenvalue weighted by Gasteiger charge is 2.65. The molecule has 3 aliphatic rings. The van der Waals surface area contributed by atoms with Crippen molar-refractivity contribution >= 4 is 17.9 Å². The number of carbonyl (C=O) groups excluding carboxylic acids is 2. The Balaban J connectivity index is 1.97. The van der Waals surface area contributed by atoms with Gasteiger partial charge in [-0.25, -0.2) is 4.79 Å². The van der Waals surface area contributed by atoms with Crippen LogP contribution in [0.1, 0.15) is 47.0 Å². The molecular formula is C20H30F3N3O5. The molecule has 0 aromatic heterocycles. The Kier molecular flexibility index (Phi) is 5.52. The van der Waals surface area contributed by atoms with Gasteiger partial charge in [-0.15, -0.1) is 0 Å². The Morgan fingerprint density at radius 2 is 1.65 bits per heavy atom. The molecule has 2 heterocycles. The van der Waals surface area contributed by atoms with Crippen molar-refractivity contribution in [3.05, 3.63) is 0 Å². The molecule has 8 nitrogen and oxygen atoms in total. The fourth-order valence-corrected chi connectivity index (χ4v) is 5.15. The molecule has 0 bridgehead atoms. The van der Waals surface area contributed by atoms with Crippen molar-refractivity contribution in [2.75, 3.05) is 26.7 Å². The highest BCUT2D eigenvalue weighted by molar-refractivity contribution is 5.92. The van der Waals surface area contributed by atoms with Crippen molar-refractivity contribution in [3.63, 3.8) is 0 Å². The van der Waals surface area contributed by atoms with Gasteiger partial charge in [0, 0.05) is 32.7 Å². The third kappa shape index (κ3) is 3.64. The maximum absolute atomic E-state index is 14.0. The standard InChI is InChI=1S/C20H30F3N3O5/c1-12-9-25(15(28)20(21,22)23)18(6-7-18)11-24(12)14(27)19(17(2,3)4)8-13(31-5)10-26(19)16(29)30/h12-13H,6-11H2,1-5H3,(H,29,30)/t12-,13+,19+/m0/s1. The summed E-state index contributed by atoms with van der Waals surface area (Å²) in [6.07, 6.45) is -5.81. The van der Waals surface area contributed by atoms with Crippen LogP contribution in [0.5, 0.6) is 0 Å². The minimum absolute atomic E-state index is 0.0287. The largest absolute Gasteiger partial charge is 0.471 e. The van der Waals surface area contributed by atoms with Gasteiger partial charge < -0.3 is 19.6 Å². The van der Waals surface area contributed by atoms with E-state index in [9.17, 15) is 32.7 Å². The quantitative estimate of drug-likeness (QED) is 0.699. The Labute approximate surface area is 179 Å². The van der Waals surface area contributed by atoms with Gasteiger partial charge in [0.05, 0.1) is 18.2 Å². The monoisotopic (exact) mass is 449 g/mol. The van der Waals surface area contributed by atoms with Crippen molar-refractivity contribution in [2.45, 2.75) is 76.4 Å². The summed E-state index contributed by atoms with van der Waals surface area (Å²) in [5.74, 6) is -2.33. The topological polar surface area (TPSA) is 90.4 Å². The maximum atomic E-state index is 14.0. The molecule has 3 atom stereocenters. The Bertz CT molecular complexity index is 777. The molecule has 1 N–H and O–H groups in total. The van der Waals surface area contributed by atoms with E-state index in [-0.39, 0.29) is 26.1 Å². The van der Waals surface area contributed by atoms with Gasteiger partial charge in [-0.3, -0.25) is 14.5 Å². The molecule has 0 radical (unpaired) electrons. The van der Waals surface area contributed by atoms with Gasteiger partial charge in [0.15, 0.2) is 0 Å². The number of carbonyl (C=O) groups is 3. The summed E-state index contributed by atoms with van der Waals surface area (Å²) < 4.78 is 44.7. The van der Waals surface area contributed by atoms with Gasteiger partial charge >= 0.3 is 18.2 Å². The molecule has 1 spiro atoms. The van der Waals surface area contributed by atoms with E-state index in [4.69, 9.17) is 4.74 Å². The van der Waals surface area contributed by atoms with Crippen molar-refractivity contribution < 1.29 is 37.4 Å². The van der Waals surface area contributed by atoms with Gasteiger partial charge in [-0.05, 0) is 25.2 Å². The van der Waals surface area contributed by atoms with Gasteiger partial charge in [0.1, 0.15) is 5.54 Å². The number of ether oxygens (including phenoxy) is 1. The predicted octanol–water partition coefficient (Wildman–Crippen LogP) is 2.32. The lowest BCUT2D eigenvalue weighted by Crippen LogP contribution is -2.70. The van der Waals surface area contributed by atoms with Crippen LogP contribution in [0.3, 0.4) is 0 Å². The van der Waals surface area contributed by atoms with Crippen LogP contribution in [-0.2, 0) is 14.3 Å². The molecule has 0 unspecified atom stereocenters. The summed E-state index contributed by atoms with van der Waals surface area (Å²) in [6.45, 7) is 6.66. The second kappa shape index (κ2) is 7.25. The second-order valence-electron chi connectivity index (χ2n) is 9.99. The van der Waals surface area contributed by atoms with E-state index in [1.807, 2.05) is 0 Å². The van der Waals surface area contributed by atoms with Crippen molar-refractivity contribution in [3.8, 4) is 0 Å². The molecule has 31 heavy (non-hydrogen) atoms. The number of hydrogen-bond acceptors (Lipinski definition) is 4. The van der Waals surface area contributed by atoms with Gasteiger partial charge in [0.2, 0.25) is 5.91 Å². The summed E-state index contributed by atoms with van der Waals surface area (Å²) in [7, 11) is 1.46. The average molecular weight is 449 g/mol. The van der Waals surface area contributed by atoms with Crippen molar-refractivity contribution in [1.29, 1.82) is 0 Å². The molecule has 1 aliphatic carbocycles. The molecule has 1 saturated carbocycles. The van der Waals surface area contributed by atoms with E-state index in [1.54, 1.807) is 27.7 Å². The first-order valence-electron chi connectivity index (χ1n) is 10.3. The Morgan fingerprint density at radius 3 is 2.06 bits per heavy atom. The number of halogens is 3. The molecule has 3 amide bonds. The highest BCUT2D eigenvalue weighted by Crippen LogP contribution is 2.50. The summed E-state index contributed by atoms with van der Waals surface area (Å²) in [5, 5.41) is 9.88. The molecule has 0 aromatic carbocycles. The zero-order valence-electron chi connectivity index (χ0n) is 18.5. The van der Waals surface area contributed by atoms with Crippen LogP contribution < -0.4 is 0 Å². The first kappa shape index (κ1) is 23.6. The lowest BCUT2D eigenvalue weighted by atomic mass is 9.70. The lowest BCUT2D eigenvalue weighted by Gasteiger charge is -2.52. The number of hydrogen-bond donors (Lipinski definition) is 1. The number of carboxylic acid groups (broad SMARTS) is 1. The van der Waals surface area contributed by atoms with E-state index in [1.165, 1.54) is 12.0 Å².